The maximum Gasteiger partial charge on any atom is 0.321 e. The highest BCUT2D eigenvalue weighted by molar-refractivity contribution is 7.99. The van der Waals surface area contributed by atoms with Gasteiger partial charge in [0.2, 0.25) is 5.91 Å². The Bertz CT molecular complexity index is 1060. The fourth-order valence-electron chi connectivity index (χ4n) is 3.58. The third kappa shape index (κ3) is 5.08. The van der Waals surface area contributed by atoms with E-state index in [0.717, 1.165) is 48.2 Å². The number of carbonyl (C=O) groups excluding carboxylic acids is 2. The number of carbonyl (C=O) groups is 2. The van der Waals surface area contributed by atoms with E-state index in [1.807, 2.05) is 42.0 Å². The van der Waals surface area contributed by atoms with Crippen LogP contribution in [0.15, 0.2) is 35.6 Å². The molecule has 3 aromatic rings. The number of imide groups is 1. The molecule has 1 atom stereocenters. The van der Waals surface area contributed by atoms with Gasteiger partial charge in [-0.2, -0.15) is 0 Å². The number of fused-ring (bicyclic) bond motifs is 1. The minimum Gasteiger partial charge on any atom is -0.376 e. The van der Waals surface area contributed by atoms with Crippen LogP contribution in [-0.2, 0) is 16.1 Å². The van der Waals surface area contributed by atoms with E-state index < -0.39 is 6.03 Å². The number of urea groups is 1. The molecule has 0 aliphatic carbocycles. The highest BCUT2D eigenvalue weighted by Gasteiger charge is 2.23. The molecule has 10 heteroatoms. The number of hydrogen-bond donors (Lipinski definition) is 3. The van der Waals surface area contributed by atoms with E-state index in [0.29, 0.717) is 18.2 Å². The molecular formula is C21H26N6O3S. The van der Waals surface area contributed by atoms with Gasteiger partial charge in [-0.25, -0.2) is 4.79 Å². The number of H-pyrrole nitrogens is 1. The Kier molecular flexibility index (Phi) is 6.88. The molecule has 0 saturated carbocycles. The highest BCUT2D eigenvalue weighted by atomic mass is 32.2. The van der Waals surface area contributed by atoms with Crippen LogP contribution in [0.2, 0.25) is 0 Å². The maximum absolute atomic E-state index is 12.2. The summed E-state index contributed by atoms with van der Waals surface area (Å²) < 4.78 is 7.85. The summed E-state index contributed by atoms with van der Waals surface area (Å²) in [7, 11) is 0. The summed E-state index contributed by atoms with van der Waals surface area (Å²) in [5.74, 6) is 0.423. The van der Waals surface area contributed by atoms with Crippen molar-refractivity contribution in [2.45, 2.75) is 44.0 Å². The van der Waals surface area contributed by atoms with Gasteiger partial charge in [0, 0.05) is 35.8 Å². The molecule has 1 aromatic carbocycles. The fraction of sp³-hybridized carbons (Fsp3) is 0.429. The number of hydrogen-bond acceptors (Lipinski definition) is 6. The van der Waals surface area contributed by atoms with Gasteiger partial charge in [-0.1, -0.05) is 36.9 Å². The molecule has 1 unspecified atom stereocenters. The van der Waals surface area contributed by atoms with Gasteiger partial charge in [-0.3, -0.25) is 14.7 Å². The average Bonchev–Trinajstić information content (AvgIpc) is 3.51. The molecule has 3 amide bonds. The predicted octanol–water partition coefficient (Wildman–Crippen LogP) is 2.93. The molecule has 0 radical (unpaired) electrons. The van der Waals surface area contributed by atoms with E-state index in [1.54, 1.807) is 0 Å². The van der Waals surface area contributed by atoms with Gasteiger partial charge < -0.3 is 15.0 Å². The molecule has 164 valence electrons. The third-order valence-electron chi connectivity index (χ3n) is 5.08. The SMILES string of the molecule is CCCNC(=O)NC(=O)CSc1nnc(-c2c[nH]c3ccccc23)n1CC1CCCO1. The Morgan fingerprint density at radius 2 is 2.19 bits per heavy atom. The Labute approximate surface area is 184 Å². The number of amides is 3. The molecule has 3 N–H and O–H groups in total. The summed E-state index contributed by atoms with van der Waals surface area (Å²) in [6.07, 6.45) is 4.84. The van der Waals surface area contributed by atoms with Crippen molar-refractivity contribution in [1.82, 2.24) is 30.4 Å². The predicted molar refractivity (Wildman–Crippen MR) is 119 cm³/mol. The lowest BCUT2D eigenvalue weighted by molar-refractivity contribution is -0.117. The molecule has 1 aliphatic rings. The fourth-order valence-corrected chi connectivity index (χ4v) is 4.33. The molecule has 9 nitrogen and oxygen atoms in total. The van der Waals surface area contributed by atoms with Crippen molar-refractivity contribution in [2.75, 3.05) is 18.9 Å². The van der Waals surface area contributed by atoms with Gasteiger partial charge in [0.05, 0.1) is 18.4 Å². The lowest BCUT2D eigenvalue weighted by Gasteiger charge is -2.14. The van der Waals surface area contributed by atoms with Crippen LogP contribution in [0, 0.1) is 0 Å². The van der Waals surface area contributed by atoms with Crippen LogP contribution < -0.4 is 10.6 Å². The van der Waals surface area contributed by atoms with Crippen LogP contribution in [0.25, 0.3) is 22.3 Å². The normalized spacial score (nSPS) is 16.0. The number of aromatic amines is 1. The molecule has 2 aromatic heterocycles. The topological polar surface area (TPSA) is 114 Å². The van der Waals surface area contributed by atoms with Crippen molar-refractivity contribution < 1.29 is 14.3 Å². The Balaban J connectivity index is 1.53. The summed E-state index contributed by atoms with van der Waals surface area (Å²) >= 11 is 1.26. The van der Waals surface area contributed by atoms with Crippen molar-refractivity contribution >= 4 is 34.6 Å². The maximum atomic E-state index is 12.2. The number of nitrogens with zero attached hydrogens (tertiary/aromatic N) is 3. The number of rotatable bonds is 8. The molecule has 31 heavy (non-hydrogen) atoms. The average molecular weight is 443 g/mol. The first kappa shape index (κ1) is 21.4. The van der Waals surface area contributed by atoms with Gasteiger partial charge in [0.15, 0.2) is 11.0 Å². The summed E-state index contributed by atoms with van der Waals surface area (Å²) in [5, 5.41) is 15.4. The van der Waals surface area contributed by atoms with Crippen LogP contribution in [0.3, 0.4) is 0 Å². The van der Waals surface area contributed by atoms with Crippen molar-refractivity contribution in [3.63, 3.8) is 0 Å². The number of benzene rings is 1. The van der Waals surface area contributed by atoms with Crippen LogP contribution in [-0.4, -0.2) is 56.7 Å². The van der Waals surface area contributed by atoms with Crippen molar-refractivity contribution in [3.05, 3.63) is 30.5 Å². The largest absolute Gasteiger partial charge is 0.376 e. The summed E-state index contributed by atoms with van der Waals surface area (Å²) in [5.41, 5.74) is 1.98. The van der Waals surface area contributed by atoms with E-state index in [2.05, 4.69) is 25.8 Å². The highest BCUT2D eigenvalue weighted by Crippen LogP contribution is 2.31. The number of thioether (sulfide) groups is 1. The minimum atomic E-state index is -0.479. The molecule has 1 saturated heterocycles. The first-order valence-corrected chi connectivity index (χ1v) is 11.5. The zero-order chi connectivity index (χ0) is 21.6. The summed E-state index contributed by atoms with van der Waals surface area (Å²) in [6.45, 7) is 3.84. The quantitative estimate of drug-likeness (QED) is 0.462. The Hall–Kier alpha value is -2.85. The zero-order valence-electron chi connectivity index (χ0n) is 17.4. The second kappa shape index (κ2) is 9.97. The number of para-hydroxylation sites is 1. The first-order valence-electron chi connectivity index (χ1n) is 10.5. The molecule has 0 bridgehead atoms. The van der Waals surface area contributed by atoms with E-state index in [-0.39, 0.29) is 17.8 Å². The van der Waals surface area contributed by atoms with Gasteiger partial charge >= 0.3 is 6.03 Å². The van der Waals surface area contributed by atoms with Crippen molar-refractivity contribution in [3.8, 4) is 11.4 Å². The zero-order valence-corrected chi connectivity index (χ0v) is 18.2. The number of ether oxygens (including phenoxy) is 1. The van der Waals surface area contributed by atoms with Crippen LogP contribution in [0.5, 0.6) is 0 Å². The van der Waals surface area contributed by atoms with Gasteiger partial charge in [0.25, 0.3) is 0 Å². The summed E-state index contributed by atoms with van der Waals surface area (Å²) in [4.78, 5) is 27.2. The lowest BCUT2D eigenvalue weighted by Crippen LogP contribution is -2.40. The molecule has 4 rings (SSSR count). The van der Waals surface area contributed by atoms with Crippen LogP contribution >= 0.6 is 11.8 Å². The molecule has 1 fully saturated rings. The minimum absolute atomic E-state index is 0.0666. The van der Waals surface area contributed by atoms with Gasteiger partial charge in [-0.05, 0) is 25.3 Å². The second-order valence-corrected chi connectivity index (χ2v) is 8.33. The van der Waals surface area contributed by atoms with E-state index >= 15 is 0 Å². The van der Waals surface area contributed by atoms with Gasteiger partial charge in [-0.15, -0.1) is 10.2 Å². The Morgan fingerprint density at radius 3 is 3.00 bits per heavy atom. The van der Waals surface area contributed by atoms with Crippen molar-refractivity contribution in [1.29, 1.82) is 0 Å². The standard InChI is InChI=1S/C21H26N6O3S/c1-2-9-22-20(29)24-18(28)13-31-21-26-25-19(27(21)12-14-6-5-10-30-14)16-11-23-17-8-4-3-7-15(16)17/h3-4,7-8,11,14,23H,2,5-6,9-10,12-13H2,1H3,(H2,22,24,28,29). The number of nitrogens with one attached hydrogen (secondary N) is 3. The third-order valence-corrected chi connectivity index (χ3v) is 6.04. The molecular weight excluding hydrogens is 416 g/mol. The molecule has 1 aliphatic heterocycles. The van der Waals surface area contributed by atoms with Crippen LogP contribution in [0.4, 0.5) is 4.79 Å². The van der Waals surface area contributed by atoms with E-state index in [1.165, 1.54) is 11.8 Å². The summed E-state index contributed by atoms with van der Waals surface area (Å²) in [6, 6.07) is 7.55. The smallest absolute Gasteiger partial charge is 0.321 e. The lowest BCUT2D eigenvalue weighted by atomic mass is 10.1. The van der Waals surface area contributed by atoms with E-state index in [4.69, 9.17) is 4.74 Å². The van der Waals surface area contributed by atoms with Gasteiger partial charge in [0.1, 0.15) is 0 Å². The second-order valence-electron chi connectivity index (χ2n) is 7.39. The first-order chi connectivity index (χ1) is 15.2. The Morgan fingerprint density at radius 1 is 1.32 bits per heavy atom. The monoisotopic (exact) mass is 442 g/mol. The van der Waals surface area contributed by atoms with Crippen LogP contribution in [0.1, 0.15) is 26.2 Å². The number of aromatic nitrogens is 4. The van der Waals surface area contributed by atoms with E-state index in [9.17, 15) is 9.59 Å². The van der Waals surface area contributed by atoms with Crippen molar-refractivity contribution in [2.24, 2.45) is 0 Å². The molecule has 0 spiro atoms. The molecule has 3 heterocycles.